The van der Waals surface area contributed by atoms with Gasteiger partial charge in [-0.2, -0.15) is 0 Å². The van der Waals surface area contributed by atoms with Gasteiger partial charge in [-0.3, -0.25) is 4.79 Å². The average Bonchev–Trinajstić information content (AvgIpc) is 2.91. The van der Waals surface area contributed by atoms with Crippen molar-refractivity contribution < 1.29 is 4.79 Å². The molecule has 21 heavy (non-hydrogen) atoms. The lowest BCUT2D eigenvalue weighted by Gasteiger charge is -2.32. The van der Waals surface area contributed by atoms with Crippen molar-refractivity contribution >= 4 is 16.8 Å². The van der Waals surface area contributed by atoms with Crippen LogP contribution >= 0.6 is 0 Å². The van der Waals surface area contributed by atoms with Gasteiger partial charge in [-0.1, -0.05) is 18.2 Å². The fourth-order valence-electron chi connectivity index (χ4n) is 2.94. The van der Waals surface area contributed by atoms with Crippen LogP contribution in [0.15, 0.2) is 30.5 Å². The second-order valence-electron chi connectivity index (χ2n) is 5.69. The summed E-state index contributed by atoms with van der Waals surface area (Å²) in [6, 6.07) is 8.15. The number of piperazine rings is 1. The molecular formula is C16H22N4O. The second kappa shape index (κ2) is 5.87. The zero-order chi connectivity index (χ0) is 14.8. The Hall–Kier alpha value is -1.85. The minimum atomic E-state index is 0.187. The number of para-hydroxylation sites is 1. The van der Waals surface area contributed by atoms with E-state index < -0.39 is 0 Å². The van der Waals surface area contributed by atoms with Gasteiger partial charge in [-0.05, 0) is 24.1 Å². The van der Waals surface area contributed by atoms with Crippen LogP contribution in [-0.2, 0) is 17.9 Å². The van der Waals surface area contributed by atoms with E-state index in [1.165, 1.54) is 0 Å². The SMILES string of the molecule is CN1CCN(C(=O)Cn2ccc3cccc(CN)c32)CC1. The number of carbonyl (C=O) groups is 1. The van der Waals surface area contributed by atoms with Gasteiger partial charge in [0, 0.05) is 38.9 Å². The number of nitrogens with two attached hydrogens (primary N) is 1. The molecule has 2 heterocycles. The molecule has 2 N–H and O–H groups in total. The molecule has 5 heteroatoms. The molecule has 0 atom stereocenters. The molecule has 0 saturated carbocycles. The summed E-state index contributed by atoms with van der Waals surface area (Å²) in [6.45, 7) is 4.42. The number of aromatic nitrogens is 1. The van der Waals surface area contributed by atoms with Gasteiger partial charge >= 0.3 is 0 Å². The summed E-state index contributed by atoms with van der Waals surface area (Å²) in [5.41, 5.74) is 7.99. The fourth-order valence-corrected chi connectivity index (χ4v) is 2.94. The lowest BCUT2D eigenvalue weighted by molar-refractivity contribution is -0.133. The maximum absolute atomic E-state index is 12.5. The summed E-state index contributed by atoms with van der Waals surface area (Å²) in [7, 11) is 2.09. The number of hydrogen-bond acceptors (Lipinski definition) is 3. The lowest BCUT2D eigenvalue weighted by Crippen LogP contribution is -2.48. The Balaban J connectivity index is 1.80. The van der Waals surface area contributed by atoms with Gasteiger partial charge in [0.25, 0.3) is 0 Å². The summed E-state index contributed by atoms with van der Waals surface area (Å²) < 4.78 is 2.03. The molecule has 1 aliphatic heterocycles. The molecule has 2 aromatic rings. The summed E-state index contributed by atoms with van der Waals surface area (Å²) in [5, 5.41) is 1.14. The maximum atomic E-state index is 12.5. The van der Waals surface area contributed by atoms with Crippen LogP contribution in [0.1, 0.15) is 5.56 Å². The minimum Gasteiger partial charge on any atom is -0.339 e. The molecule has 0 bridgehead atoms. The molecule has 5 nitrogen and oxygen atoms in total. The van der Waals surface area contributed by atoms with Gasteiger partial charge in [-0.15, -0.1) is 0 Å². The molecule has 0 radical (unpaired) electrons. The zero-order valence-electron chi connectivity index (χ0n) is 12.5. The van der Waals surface area contributed by atoms with E-state index in [1.807, 2.05) is 33.9 Å². The van der Waals surface area contributed by atoms with E-state index in [2.05, 4.69) is 18.0 Å². The van der Waals surface area contributed by atoms with Crippen LogP contribution in [0.2, 0.25) is 0 Å². The van der Waals surface area contributed by atoms with Crippen LogP contribution in [0, 0.1) is 0 Å². The van der Waals surface area contributed by atoms with Crippen molar-refractivity contribution in [3.05, 3.63) is 36.0 Å². The Morgan fingerprint density at radius 2 is 1.95 bits per heavy atom. The minimum absolute atomic E-state index is 0.187. The van der Waals surface area contributed by atoms with Gasteiger partial charge < -0.3 is 20.1 Å². The summed E-state index contributed by atoms with van der Waals surface area (Å²) in [5.74, 6) is 0.187. The molecule has 1 fully saturated rings. The number of fused-ring (bicyclic) bond motifs is 1. The van der Waals surface area contributed by atoms with Gasteiger partial charge in [0.2, 0.25) is 5.91 Å². The smallest absolute Gasteiger partial charge is 0.242 e. The van der Waals surface area contributed by atoms with Crippen LogP contribution < -0.4 is 5.73 Å². The molecule has 0 spiro atoms. The fraction of sp³-hybridized carbons (Fsp3) is 0.438. The van der Waals surface area contributed by atoms with E-state index in [0.29, 0.717) is 13.1 Å². The van der Waals surface area contributed by atoms with Crippen molar-refractivity contribution in [2.24, 2.45) is 5.73 Å². The van der Waals surface area contributed by atoms with Crippen LogP contribution in [0.4, 0.5) is 0 Å². The zero-order valence-corrected chi connectivity index (χ0v) is 12.5. The normalized spacial score (nSPS) is 16.6. The molecular weight excluding hydrogens is 264 g/mol. The first-order chi connectivity index (χ1) is 10.2. The third-order valence-electron chi connectivity index (χ3n) is 4.25. The van der Waals surface area contributed by atoms with Crippen LogP contribution in [0.25, 0.3) is 10.9 Å². The molecule has 3 rings (SSSR count). The maximum Gasteiger partial charge on any atom is 0.242 e. The predicted octanol–water partition coefficient (Wildman–Crippen LogP) is 0.874. The molecule has 1 amide bonds. The topological polar surface area (TPSA) is 54.5 Å². The van der Waals surface area contributed by atoms with Crippen LogP contribution in [0.3, 0.4) is 0 Å². The van der Waals surface area contributed by atoms with E-state index in [9.17, 15) is 4.79 Å². The van der Waals surface area contributed by atoms with E-state index in [4.69, 9.17) is 5.73 Å². The van der Waals surface area contributed by atoms with Crippen molar-refractivity contribution in [1.82, 2.24) is 14.4 Å². The van der Waals surface area contributed by atoms with Gasteiger partial charge in [-0.25, -0.2) is 0 Å². The Labute approximate surface area is 124 Å². The van der Waals surface area contributed by atoms with Gasteiger partial charge in [0.1, 0.15) is 6.54 Å². The number of benzene rings is 1. The Morgan fingerprint density at radius 1 is 1.19 bits per heavy atom. The van der Waals surface area contributed by atoms with Crippen molar-refractivity contribution in [2.45, 2.75) is 13.1 Å². The van der Waals surface area contributed by atoms with Gasteiger partial charge in [0.15, 0.2) is 0 Å². The van der Waals surface area contributed by atoms with Crippen molar-refractivity contribution in [1.29, 1.82) is 0 Å². The molecule has 0 aliphatic carbocycles. The Morgan fingerprint density at radius 3 is 2.67 bits per heavy atom. The highest BCUT2D eigenvalue weighted by molar-refractivity contribution is 5.85. The highest BCUT2D eigenvalue weighted by atomic mass is 16.2. The largest absolute Gasteiger partial charge is 0.339 e. The first-order valence-corrected chi connectivity index (χ1v) is 7.42. The lowest BCUT2D eigenvalue weighted by atomic mass is 10.1. The molecule has 1 aromatic heterocycles. The molecule has 0 unspecified atom stereocenters. The molecule has 112 valence electrons. The van der Waals surface area contributed by atoms with E-state index in [-0.39, 0.29) is 5.91 Å². The third-order valence-corrected chi connectivity index (χ3v) is 4.25. The van der Waals surface area contributed by atoms with Crippen molar-refractivity contribution in [2.75, 3.05) is 33.2 Å². The summed E-state index contributed by atoms with van der Waals surface area (Å²) >= 11 is 0. The van der Waals surface area contributed by atoms with Crippen LogP contribution in [-0.4, -0.2) is 53.5 Å². The third kappa shape index (κ3) is 2.80. The van der Waals surface area contributed by atoms with E-state index in [1.54, 1.807) is 0 Å². The van der Waals surface area contributed by atoms with Crippen LogP contribution in [0.5, 0.6) is 0 Å². The highest BCUT2D eigenvalue weighted by Crippen LogP contribution is 2.20. The highest BCUT2D eigenvalue weighted by Gasteiger charge is 2.19. The second-order valence-corrected chi connectivity index (χ2v) is 5.69. The number of carbonyl (C=O) groups excluding carboxylic acids is 1. The number of hydrogen-bond donors (Lipinski definition) is 1. The number of nitrogens with zero attached hydrogens (tertiary/aromatic N) is 3. The predicted molar refractivity (Wildman–Crippen MR) is 83.9 cm³/mol. The quantitative estimate of drug-likeness (QED) is 0.911. The number of rotatable bonds is 3. The summed E-state index contributed by atoms with van der Waals surface area (Å²) in [4.78, 5) is 16.7. The molecule has 1 saturated heterocycles. The van der Waals surface area contributed by atoms with Gasteiger partial charge in [0.05, 0.1) is 5.52 Å². The Kier molecular flexibility index (Phi) is 3.94. The molecule has 1 aliphatic rings. The van der Waals surface area contributed by atoms with E-state index in [0.717, 1.165) is 42.6 Å². The van der Waals surface area contributed by atoms with E-state index >= 15 is 0 Å². The molecule has 1 aromatic carbocycles. The van der Waals surface area contributed by atoms with Crippen molar-refractivity contribution in [3.63, 3.8) is 0 Å². The number of likely N-dealkylation sites (N-methyl/N-ethyl adjacent to an activating group) is 1. The first-order valence-electron chi connectivity index (χ1n) is 7.42. The first kappa shape index (κ1) is 14.1. The standard InChI is InChI=1S/C16H22N4O/c1-18-7-9-19(10-8-18)15(21)12-20-6-5-13-3-2-4-14(11-17)16(13)20/h2-6H,7-12,17H2,1H3. The Bertz CT molecular complexity index is 641. The summed E-state index contributed by atoms with van der Waals surface area (Å²) in [6.07, 6.45) is 1.98. The number of amides is 1. The monoisotopic (exact) mass is 286 g/mol. The van der Waals surface area contributed by atoms with Crippen molar-refractivity contribution in [3.8, 4) is 0 Å². The average molecular weight is 286 g/mol.